The molecular weight excluding hydrogens is 198 g/mol. The summed E-state index contributed by atoms with van der Waals surface area (Å²) in [5, 5.41) is 2.90. The quantitative estimate of drug-likeness (QED) is 0.548. The summed E-state index contributed by atoms with van der Waals surface area (Å²) in [5.74, 6) is 0. The van der Waals surface area contributed by atoms with Crippen LogP contribution in [0.5, 0.6) is 0 Å². The van der Waals surface area contributed by atoms with Crippen LogP contribution in [0.3, 0.4) is 0 Å². The lowest BCUT2D eigenvalue weighted by Crippen LogP contribution is -1.72. The Hall–Kier alpha value is -2.22. The van der Waals surface area contributed by atoms with E-state index in [-0.39, 0.29) is 0 Å². The molecule has 0 saturated carbocycles. The Kier molecular flexibility index (Phi) is 3.24. The second-order valence-corrected chi connectivity index (χ2v) is 3.43. The Balaban J connectivity index is 2.20. The first-order chi connectivity index (χ1) is 7.88. The Morgan fingerprint density at radius 1 is 0.812 bits per heavy atom. The van der Waals surface area contributed by atoms with Gasteiger partial charge in [-0.25, -0.2) is 0 Å². The fourth-order valence-electron chi connectivity index (χ4n) is 1.44. The van der Waals surface area contributed by atoms with Gasteiger partial charge in [0.25, 0.3) is 0 Å². The predicted octanol–water partition coefficient (Wildman–Crippen LogP) is 4.25. The third-order valence-corrected chi connectivity index (χ3v) is 2.24. The predicted molar refractivity (Wildman–Crippen MR) is 67.3 cm³/mol. The van der Waals surface area contributed by atoms with E-state index in [0.29, 0.717) is 5.69 Å². The molecule has 0 amide bonds. The van der Waals surface area contributed by atoms with Crippen molar-refractivity contribution in [3.63, 3.8) is 0 Å². The van der Waals surface area contributed by atoms with E-state index in [9.17, 15) is 4.91 Å². The highest BCUT2D eigenvalue weighted by Crippen LogP contribution is 2.15. The second-order valence-electron chi connectivity index (χ2n) is 3.43. The van der Waals surface area contributed by atoms with Crippen LogP contribution in [0.2, 0.25) is 0 Å². The van der Waals surface area contributed by atoms with Crippen LogP contribution in [0, 0.1) is 4.91 Å². The van der Waals surface area contributed by atoms with E-state index in [1.54, 1.807) is 12.1 Å². The maximum Gasteiger partial charge on any atom is 0.108 e. The van der Waals surface area contributed by atoms with E-state index in [1.165, 1.54) is 0 Å². The van der Waals surface area contributed by atoms with Gasteiger partial charge in [0.2, 0.25) is 0 Å². The molecule has 0 spiro atoms. The van der Waals surface area contributed by atoms with Gasteiger partial charge >= 0.3 is 0 Å². The second kappa shape index (κ2) is 5.03. The minimum Gasteiger partial charge on any atom is -0.145 e. The molecule has 0 aromatic heterocycles. The van der Waals surface area contributed by atoms with Crippen molar-refractivity contribution in [1.29, 1.82) is 0 Å². The minimum absolute atomic E-state index is 0.454. The van der Waals surface area contributed by atoms with E-state index in [4.69, 9.17) is 0 Å². The van der Waals surface area contributed by atoms with Crippen molar-refractivity contribution in [1.82, 2.24) is 0 Å². The average molecular weight is 209 g/mol. The average Bonchev–Trinajstić information content (AvgIpc) is 2.38. The molecule has 0 bridgehead atoms. The van der Waals surface area contributed by atoms with Gasteiger partial charge in [0, 0.05) is 0 Å². The summed E-state index contributed by atoms with van der Waals surface area (Å²) in [4.78, 5) is 10.4. The molecule has 2 aromatic rings. The molecule has 0 aliphatic carbocycles. The molecule has 2 rings (SSSR count). The number of nitroso groups, excluding NO2 is 1. The van der Waals surface area contributed by atoms with Crippen LogP contribution < -0.4 is 0 Å². The Morgan fingerprint density at radius 3 is 2.25 bits per heavy atom. The zero-order valence-electron chi connectivity index (χ0n) is 8.71. The van der Waals surface area contributed by atoms with Crippen molar-refractivity contribution in [2.45, 2.75) is 0 Å². The van der Waals surface area contributed by atoms with Crippen molar-refractivity contribution < 1.29 is 0 Å². The summed E-state index contributed by atoms with van der Waals surface area (Å²) in [7, 11) is 0. The molecule has 2 aromatic carbocycles. The third-order valence-electron chi connectivity index (χ3n) is 2.24. The maximum atomic E-state index is 10.4. The van der Waals surface area contributed by atoms with Crippen LogP contribution in [0.15, 0.2) is 59.8 Å². The highest BCUT2D eigenvalue weighted by atomic mass is 16.3. The van der Waals surface area contributed by atoms with Gasteiger partial charge in [0.15, 0.2) is 0 Å². The van der Waals surface area contributed by atoms with Gasteiger partial charge in [0.1, 0.15) is 5.69 Å². The summed E-state index contributed by atoms with van der Waals surface area (Å²) in [6.07, 6.45) is 3.97. The molecule has 0 saturated heterocycles. The normalized spacial score (nSPS) is 10.5. The molecule has 2 nitrogen and oxygen atoms in total. The molecule has 0 heterocycles. The summed E-state index contributed by atoms with van der Waals surface area (Å²) in [5.41, 5.74) is 2.56. The lowest BCUT2D eigenvalue weighted by molar-refractivity contribution is 1.49. The largest absolute Gasteiger partial charge is 0.145 e. The molecule has 0 aliphatic heterocycles. The zero-order chi connectivity index (χ0) is 11.2. The third kappa shape index (κ3) is 2.64. The van der Waals surface area contributed by atoms with E-state index in [2.05, 4.69) is 5.18 Å². The number of benzene rings is 2. The van der Waals surface area contributed by atoms with E-state index in [0.717, 1.165) is 11.1 Å². The van der Waals surface area contributed by atoms with Crippen molar-refractivity contribution >= 4 is 17.8 Å². The number of nitrogens with zero attached hydrogens (tertiary/aromatic N) is 1. The van der Waals surface area contributed by atoms with Gasteiger partial charge in [-0.15, -0.1) is 4.91 Å². The van der Waals surface area contributed by atoms with Gasteiger partial charge in [-0.1, -0.05) is 54.6 Å². The lowest BCUT2D eigenvalue weighted by atomic mass is 10.1. The minimum atomic E-state index is 0.454. The molecule has 2 heteroatoms. The van der Waals surface area contributed by atoms with Crippen molar-refractivity contribution in [2.24, 2.45) is 5.18 Å². The first-order valence-electron chi connectivity index (χ1n) is 5.05. The molecule has 78 valence electrons. The Bertz CT molecular complexity index is 503. The zero-order valence-corrected chi connectivity index (χ0v) is 8.71. The molecule has 0 aliphatic rings. The fourth-order valence-corrected chi connectivity index (χ4v) is 1.44. The van der Waals surface area contributed by atoms with Gasteiger partial charge in [0.05, 0.1) is 0 Å². The first-order valence-corrected chi connectivity index (χ1v) is 5.05. The first kappa shape index (κ1) is 10.3. The number of hydrogen-bond donors (Lipinski definition) is 0. The van der Waals surface area contributed by atoms with Crippen LogP contribution >= 0.6 is 0 Å². The van der Waals surface area contributed by atoms with Crippen LogP contribution in [0.4, 0.5) is 5.69 Å². The molecule has 0 unspecified atom stereocenters. The number of hydrogen-bond acceptors (Lipinski definition) is 2. The Labute approximate surface area is 94.2 Å². The molecular formula is C14H11NO. The van der Waals surface area contributed by atoms with Crippen molar-refractivity contribution in [2.75, 3.05) is 0 Å². The van der Waals surface area contributed by atoms with Gasteiger partial charge in [-0.2, -0.15) is 0 Å². The van der Waals surface area contributed by atoms with Crippen LogP contribution in [-0.2, 0) is 0 Å². The van der Waals surface area contributed by atoms with Gasteiger partial charge < -0.3 is 0 Å². The fraction of sp³-hybridized carbons (Fsp3) is 0. The molecule has 0 N–H and O–H groups in total. The summed E-state index contributed by atoms with van der Waals surface area (Å²) in [6.45, 7) is 0. The van der Waals surface area contributed by atoms with Gasteiger partial charge in [-0.3, -0.25) is 0 Å². The van der Waals surface area contributed by atoms with Crippen LogP contribution in [-0.4, -0.2) is 0 Å². The van der Waals surface area contributed by atoms with E-state index >= 15 is 0 Å². The summed E-state index contributed by atoms with van der Waals surface area (Å²) >= 11 is 0. The van der Waals surface area contributed by atoms with Crippen LogP contribution in [0.25, 0.3) is 12.2 Å². The SMILES string of the molecule is O=Nc1cccc(/C=C/c2ccccc2)c1. The van der Waals surface area contributed by atoms with E-state index in [1.807, 2.05) is 54.6 Å². The van der Waals surface area contributed by atoms with Crippen LogP contribution in [0.1, 0.15) is 11.1 Å². The summed E-state index contributed by atoms with van der Waals surface area (Å²) in [6, 6.07) is 17.2. The molecule has 0 atom stereocenters. The highest BCUT2D eigenvalue weighted by molar-refractivity contribution is 5.70. The number of rotatable bonds is 3. The van der Waals surface area contributed by atoms with Gasteiger partial charge in [-0.05, 0) is 28.4 Å². The molecule has 16 heavy (non-hydrogen) atoms. The lowest BCUT2D eigenvalue weighted by Gasteiger charge is -1.94. The van der Waals surface area contributed by atoms with Crippen molar-refractivity contribution in [3.05, 3.63) is 70.6 Å². The van der Waals surface area contributed by atoms with E-state index < -0.39 is 0 Å². The highest BCUT2D eigenvalue weighted by Gasteiger charge is 1.91. The molecule has 0 radical (unpaired) electrons. The maximum absolute atomic E-state index is 10.4. The monoisotopic (exact) mass is 209 g/mol. The van der Waals surface area contributed by atoms with Crippen molar-refractivity contribution in [3.8, 4) is 0 Å². The topological polar surface area (TPSA) is 29.4 Å². The standard InChI is InChI=1S/C14H11NO/c16-15-14-8-4-7-13(11-14)10-9-12-5-2-1-3-6-12/h1-11H/b10-9+. The Morgan fingerprint density at radius 2 is 1.50 bits per heavy atom. The summed E-state index contributed by atoms with van der Waals surface area (Å²) < 4.78 is 0. The molecule has 0 fully saturated rings. The smallest absolute Gasteiger partial charge is 0.108 e.